The monoisotopic (exact) mass is 265 g/mol. The number of β-amino-alcohol motifs (C(OH)–C–C–N with tert-alkyl or cyclic N) is 1. The van der Waals surface area contributed by atoms with Gasteiger partial charge in [-0.15, -0.1) is 0 Å². The van der Waals surface area contributed by atoms with Crippen LogP contribution in [0.4, 0.5) is 0 Å². The molecule has 1 amide bonds. The molecule has 102 valence electrons. The number of hydrogen-bond donors (Lipinski definition) is 3. The number of carbonyl (C=O) groups excluding carboxylic acids is 1. The number of carbonyl (C=O) groups is 2. The molecule has 0 aliphatic carbocycles. The third kappa shape index (κ3) is 2.53. The van der Waals surface area contributed by atoms with Crippen molar-refractivity contribution in [3.05, 3.63) is 29.3 Å². The summed E-state index contributed by atoms with van der Waals surface area (Å²) in [5, 5.41) is 28.1. The van der Waals surface area contributed by atoms with Gasteiger partial charge in [-0.1, -0.05) is 6.07 Å². The fraction of sp³-hybridized carbons (Fsp3) is 0.385. The van der Waals surface area contributed by atoms with E-state index in [1.54, 1.807) is 13.0 Å². The maximum atomic E-state index is 12.2. The number of phenols is 1. The normalized spacial score (nSPS) is 22.5. The van der Waals surface area contributed by atoms with Crippen molar-refractivity contribution in [1.29, 1.82) is 0 Å². The van der Waals surface area contributed by atoms with Crippen LogP contribution in [-0.2, 0) is 4.79 Å². The number of rotatable bonds is 2. The van der Waals surface area contributed by atoms with Gasteiger partial charge in [-0.2, -0.15) is 0 Å². The first-order valence-corrected chi connectivity index (χ1v) is 5.91. The van der Waals surface area contributed by atoms with E-state index in [0.29, 0.717) is 5.56 Å². The van der Waals surface area contributed by atoms with Gasteiger partial charge in [0.1, 0.15) is 11.8 Å². The van der Waals surface area contributed by atoms with E-state index >= 15 is 0 Å². The van der Waals surface area contributed by atoms with Crippen LogP contribution in [0.15, 0.2) is 18.2 Å². The molecule has 1 aliphatic rings. The summed E-state index contributed by atoms with van der Waals surface area (Å²) < 4.78 is 0. The Hall–Kier alpha value is -2.08. The van der Waals surface area contributed by atoms with Gasteiger partial charge >= 0.3 is 5.97 Å². The molecule has 1 fully saturated rings. The minimum absolute atomic E-state index is 0.00949. The average Bonchev–Trinajstić information content (AvgIpc) is 2.74. The Bertz CT molecular complexity index is 528. The van der Waals surface area contributed by atoms with Crippen molar-refractivity contribution in [2.24, 2.45) is 0 Å². The van der Waals surface area contributed by atoms with Crippen molar-refractivity contribution in [2.45, 2.75) is 25.5 Å². The number of aliphatic carboxylic acids is 1. The minimum atomic E-state index is -1.14. The Morgan fingerprint density at radius 2 is 2.05 bits per heavy atom. The summed E-state index contributed by atoms with van der Waals surface area (Å²) in [6.07, 6.45) is -0.803. The summed E-state index contributed by atoms with van der Waals surface area (Å²) in [6.45, 7) is 1.69. The van der Waals surface area contributed by atoms with Gasteiger partial charge in [0, 0.05) is 18.5 Å². The highest BCUT2D eigenvalue weighted by atomic mass is 16.4. The number of aliphatic hydroxyl groups is 1. The molecule has 3 N–H and O–H groups in total. The number of aromatic hydroxyl groups is 1. The number of likely N-dealkylation sites (tertiary alicyclic amines) is 1. The molecule has 1 heterocycles. The maximum absolute atomic E-state index is 12.2. The lowest BCUT2D eigenvalue weighted by Crippen LogP contribution is -2.40. The SMILES string of the molecule is Cc1ccc(C(=O)N2C[C@H](O)C[C@H]2C(=O)O)cc1O. The van der Waals surface area contributed by atoms with Crippen LogP contribution in [0.3, 0.4) is 0 Å². The second-order valence-electron chi connectivity index (χ2n) is 4.70. The van der Waals surface area contributed by atoms with Crippen LogP contribution in [-0.4, -0.2) is 50.8 Å². The lowest BCUT2D eigenvalue weighted by molar-refractivity contribution is -0.141. The summed E-state index contributed by atoms with van der Waals surface area (Å²) in [7, 11) is 0. The van der Waals surface area contributed by atoms with Crippen LogP contribution in [0.25, 0.3) is 0 Å². The first-order chi connectivity index (χ1) is 8.90. The van der Waals surface area contributed by atoms with Crippen molar-refractivity contribution >= 4 is 11.9 Å². The number of hydrogen-bond acceptors (Lipinski definition) is 4. The Balaban J connectivity index is 2.27. The van der Waals surface area contributed by atoms with Crippen molar-refractivity contribution < 1.29 is 24.9 Å². The van der Waals surface area contributed by atoms with Gasteiger partial charge in [0.15, 0.2) is 0 Å². The molecule has 2 atom stereocenters. The van der Waals surface area contributed by atoms with Gasteiger partial charge in [0.25, 0.3) is 5.91 Å². The van der Waals surface area contributed by atoms with E-state index < -0.39 is 24.0 Å². The van der Waals surface area contributed by atoms with Crippen LogP contribution in [0.2, 0.25) is 0 Å². The van der Waals surface area contributed by atoms with Crippen molar-refractivity contribution in [2.75, 3.05) is 6.54 Å². The topological polar surface area (TPSA) is 98.1 Å². The summed E-state index contributed by atoms with van der Waals surface area (Å²) in [5.74, 6) is -1.65. The highest BCUT2D eigenvalue weighted by Gasteiger charge is 2.39. The fourth-order valence-corrected chi connectivity index (χ4v) is 2.18. The zero-order valence-corrected chi connectivity index (χ0v) is 10.4. The summed E-state index contributed by atoms with van der Waals surface area (Å²) >= 11 is 0. The smallest absolute Gasteiger partial charge is 0.326 e. The van der Waals surface area contributed by atoms with Crippen molar-refractivity contribution in [3.8, 4) is 5.75 Å². The molecule has 1 saturated heterocycles. The number of carboxylic acids is 1. The second-order valence-corrected chi connectivity index (χ2v) is 4.70. The quantitative estimate of drug-likeness (QED) is 0.717. The Labute approximate surface area is 109 Å². The molecule has 2 rings (SSSR count). The molecule has 0 bridgehead atoms. The molecule has 19 heavy (non-hydrogen) atoms. The third-order valence-electron chi connectivity index (χ3n) is 3.28. The molecule has 1 aliphatic heterocycles. The predicted molar refractivity (Wildman–Crippen MR) is 65.9 cm³/mol. The van der Waals surface area contributed by atoms with Crippen LogP contribution in [0, 0.1) is 6.92 Å². The molecule has 1 aromatic carbocycles. The number of carboxylic acid groups (broad SMARTS) is 1. The average molecular weight is 265 g/mol. The molecule has 0 radical (unpaired) electrons. The van der Waals surface area contributed by atoms with E-state index in [0.717, 1.165) is 4.90 Å². The maximum Gasteiger partial charge on any atom is 0.326 e. The molecule has 6 nitrogen and oxygen atoms in total. The van der Waals surface area contributed by atoms with Crippen LogP contribution < -0.4 is 0 Å². The molecule has 0 saturated carbocycles. The molecule has 1 aromatic rings. The van der Waals surface area contributed by atoms with Gasteiger partial charge in [-0.3, -0.25) is 4.79 Å². The number of aliphatic hydroxyl groups excluding tert-OH is 1. The molecule has 0 aromatic heterocycles. The molecule has 6 heteroatoms. The van der Waals surface area contributed by atoms with Crippen molar-refractivity contribution in [3.63, 3.8) is 0 Å². The Morgan fingerprint density at radius 1 is 1.37 bits per heavy atom. The Kier molecular flexibility index (Phi) is 3.44. The molecular weight excluding hydrogens is 250 g/mol. The summed E-state index contributed by atoms with van der Waals surface area (Å²) in [4.78, 5) is 24.4. The Morgan fingerprint density at radius 3 is 2.63 bits per heavy atom. The van der Waals surface area contributed by atoms with Gasteiger partial charge in [0.05, 0.1) is 6.10 Å². The zero-order chi connectivity index (χ0) is 14.2. The van der Waals surface area contributed by atoms with E-state index in [1.807, 2.05) is 0 Å². The van der Waals surface area contributed by atoms with E-state index in [-0.39, 0.29) is 24.3 Å². The minimum Gasteiger partial charge on any atom is -0.508 e. The van der Waals surface area contributed by atoms with E-state index in [1.165, 1.54) is 12.1 Å². The van der Waals surface area contributed by atoms with Crippen LogP contribution in [0.1, 0.15) is 22.3 Å². The number of benzene rings is 1. The number of aryl methyl sites for hydroxylation is 1. The first-order valence-electron chi connectivity index (χ1n) is 5.91. The lowest BCUT2D eigenvalue weighted by atomic mass is 10.1. The number of nitrogens with zero attached hydrogens (tertiary/aromatic N) is 1. The van der Waals surface area contributed by atoms with Crippen LogP contribution in [0.5, 0.6) is 5.75 Å². The second kappa shape index (κ2) is 4.89. The highest BCUT2D eigenvalue weighted by Crippen LogP contribution is 2.23. The van der Waals surface area contributed by atoms with Crippen molar-refractivity contribution in [1.82, 2.24) is 4.90 Å². The van der Waals surface area contributed by atoms with Gasteiger partial charge < -0.3 is 20.2 Å². The van der Waals surface area contributed by atoms with E-state index in [2.05, 4.69) is 0 Å². The molecule has 0 unspecified atom stereocenters. The van der Waals surface area contributed by atoms with Gasteiger partial charge in [-0.25, -0.2) is 4.79 Å². The number of phenolic OH excluding ortho intramolecular Hbond substituents is 1. The first kappa shape index (κ1) is 13.4. The van der Waals surface area contributed by atoms with E-state index in [4.69, 9.17) is 5.11 Å². The largest absolute Gasteiger partial charge is 0.508 e. The molecular formula is C13H15NO5. The van der Waals surface area contributed by atoms with Gasteiger partial charge in [-0.05, 0) is 24.6 Å². The highest BCUT2D eigenvalue weighted by molar-refractivity contribution is 5.97. The van der Waals surface area contributed by atoms with E-state index in [9.17, 15) is 19.8 Å². The fourth-order valence-electron chi connectivity index (χ4n) is 2.18. The summed E-state index contributed by atoms with van der Waals surface area (Å²) in [5.41, 5.74) is 0.844. The summed E-state index contributed by atoms with van der Waals surface area (Å²) in [6, 6.07) is 3.40. The lowest BCUT2D eigenvalue weighted by Gasteiger charge is -2.21. The van der Waals surface area contributed by atoms with Crippen LogP contribution >= 0.6 is 0 Å². The number of amides is 1. The zero-order valence-electron chi connectivity index (χ0n) is 10.4. The molecule has 0 spiro atoms. The standard InChI is InChI=1S/C13H15NO5/c1-7-2-3-8(4-11(7)16)12(17)14-6-9(15)5-10(14)13(18)19/h2-4,9-10,15-16H,5-6H2,1H3,(H,18,19)/t9-,10+/m1/s1. The van der Waals surface area contributed by atoms with Gasteiger partial charge in [0.2, 0.25) is 0 Å². The third-order valence-corrected chi connectivity index (χ3v) is 3.28. The predicted octanol–water partition coefficient (Wildman–Crippen LogP) is 0.361.